The van der Waals surface area contributed by atoms with E-state index in [4.69, 9.17) is 0 Å². The van der Waals surface area contributed by atoms with E-state index in [0.29, 0.717) is 4.72 Å². The monoisotopic (exact) mass is 288 g/mol. The Balaban J connectivity index is 5.12. The molecule has 0 saturated carbocycles. The number of thiol groups is 1. The fourth-order valence-corrected chi connectivity index (χ4v) is 2.22. The highest BCUT2D eigenvalue weighted by atomic mass is 32.3. The maximum Gasteiger partial charge on any atom is 0.476 e. The maximum atomic E-state index is 12.3. The van der Waals surface area contributed by atoms with E-state index < -0.39 is 33.9 Å². The summed E-state index contributed by atoms with van der Waals surface area (Å²) in [6, 6.07) is -1.03. The second kappa shape index (κ2) is 4.80. The van der Waals surface area contributed by atoms with Crippen molar-refractivity contribution < 1.29 is 35.3 Å². The lowest BCUT2D eigenvalue weighted by Gasteiger charge is -2.30. The second-order valence-corrected chi connectivity index (χ2v) is 5.51. The lowest BCUT2D eigenvalue weighted by atomic mass is 10.4. The minimum Gasteiger partial charge on any atom is -0.272 e. The van der Waals surface area contributed by atoms with E-state index in [0.717, 1.165) is 13.8 Å². The Morgan fingerprint density at radius 1 is 1.12 bits per heavy atom. The van der Waals surface area contributed by atoms with Crippen molar-refractivity contribution in [3.8, 4) is 0 Å². The molecule has 0 aromatic carbocycles. The van der Waals surface area contributed by atoms with E-state index in [1.807, 2.05) is 0 Å². The van der Waals surface area contributed by atoms with Crippen LogP contribution >= 0.6 is 0 Å². The van der Waals surface area contributed by atoms with Crippen LogP contribution in [0.3, 0.4) is 0 Å². The highest BCUT2D eigenvalue weighted by Crippen LogP contribution is 2.28. The van der Waals surface area contributed by atoms with Crippen LogP contribution in [0.15, 0.2) is 0 Å². The molecule has 0 aliphatic rings. The van der Waals surface area contributed by atoms with Crippen LogP contribution in [-0.4, -0.2) is 27.8 Å². The van der Waals surface area contributed by atoms with Gasteiger partial charge in [0.2, 0.25) is 0 Å². The molecule has 0 radical (unpaired) electrons. The minimum absolute atomic E-state index is 0.460. The number of hydrogen-bond acceptors (Lipinski definition) is 2. The Morgan fingerprint density at radius 2 is 1.53 bits per heavy atom. The molecule has 0 aromatic heterocycles. The Morgan fingerprint density at radius 3 is 1.76 bits per heavy atom. The molecule has 11 heteroatoms. The van der Waals surface area contributed by atoms with Crippen LogP contribution < -0.4 is 9.44 Å². The van der Waals surface area contributed by atoms with Crippen LogP contribution in [0.5, 0.6) is 0 Å². The van der Waals surface area contributed by atoms with Crippen LogP contribution in [-0.2, 0) is 15.1 Å². The predicted molar refractivity (Wildman–Crippen MR) is 48.1 cm³/mol. The molecule has 0 spiro atoms. The Labute approximate surface area is 93.4 Å². The molecule has 0 heterocycles. The van der Waals surface area contributed by atoms with Crippen molar-refractivity contribution in [2.45, 2.75) is 31.6 Å². The van der Waals surface area contributed by atoms with Crippen LogP contribution in [0.2, 0.25) is 0 Å². The van der Waals surface area contributed by atoms with Crippen LogP contribution in [0.4, 0.5) is 26.3 Å². The summed E-state index contributed by atoms with van der Waals surface area (Å²) in [5.74, 6) is -2.91. The highest BCUT2D eigenvalue weighted by Gasteiger charge is 2.50. The Kier molecular flexibility index (Phi) is 4.56. The first kappa shape index (κ1) is 16.2. The molecule has 0 atom stereocenters. The minimum atomic E-state index is -5.68. The fourth-order valence-electron chi connectivity index (χ4n) is 0.739. The fraction of sp³-hybridized carbons (Fsp3) is 0.833. The standard InChI is InChI=1S/C6H10F6N2O2S/c1-3(2)13-17(16,6(10,11)12)14-4(15)5(7,8)9/h3,17H,1-2H3,(H2,13,14,15,16). The zero-order chi connectivity index (χ0) is 14.1. The van der Waals surface area contributed by atoms with Crippen LogP contribution in [0, 0.1) is 0 Å². The molecule has 17 heavy (non-hydrogen) atoms. The van der Waals surface area contributed by atoms with Gasteiger partial charge in [0.1, 0.15) is 0 Å². The number of nitrogens with one attached hydrogen (secondary N) is 2. The van der Waals surface area contributed by atoms with E-state index in [1.54, 1.807) is 0 Å². The number of rotatable bonds is 3. The highest BCUT2D eigenvalue weighted by molar-refractivity contribution is 8.00. The third-order valence-electron chi connectivity index (χ3n) is 1.31. The lowest BCUT2D eigenvalue weighted by molar-refractivity contribution is -0.171. The van der Waals surface area contributed by atoms with Gasteiger partial charge in [-0.1, -0.05) is 0 Å². The number of carbonyl (C=O) groups is 1. The first-order valence-electron chi connectivity index (χ1n) is 4.13. The molecular weight excluding hydrogens is 278 g/mol. The van der Waals surface area contributed by atoms with Crippen molar-refractivity contribution in [1.29, 1.82) is 0 Å². The first-order chi connectivity index (χ1) is 7.29. The normalized spacial score (nSPS) is 14.9. The molecule has 0 aliphatic carbocycles. The Bertz CT molecular complexity index is 336. The maximum absolute atomic E-state index is 12.3. The molecular formula is C6H10F6N2O2S. The summed E-state index contributed by atoms with van der Waals surface area (Å²) in [4.78, 5) is 10.4. The molecule has 0 aromatic rings. The van der Waals surface area contributed by atoms with Gasteiger partial charge >= 0.3 is 17.6 Å². The molecule has 0 bridgehead atoms. The zero-order valence-corrected chi connectivity index (χ0v) is 9.50. The van der Waals surface area contributed by atoms with Crippen molar-refractivity contribution >= 4 is 16.2 Å². The van der Waals surface area contributed by atoms with E-state index in [-0.39, 0.29) is 0 Å². The molecule has 0 saturated heterocycles. The van der Waals surface area contributed by atoms with E-state index in [2.05, 4.69) is 0 Å². The molecule has 1 amide bonds. The summed E-state index contributed by atoms with van der Waals surface area (Å²) < 4.78 is 85.3. The largest absolute Gasteiger partial charge is 0.476 e. The van der Waals surface area contributed by atoms with E-state index in [9.17, 15) is 35.3 Å². The number of hydrogen-bond donors (Lipinski definition) is 3. The first-order valence-corrected chi connectivity index (χ1v) is 5.84. The number of alkyl halides is 6. The van der Waals surface area contributed by atoms with Crippen LogP contribution in [0.1, 0.15) is 13.8 Å². The smallest absolute Gasteiger partial charge is 0.272 e. The average Bonchev–Trinajstić information content (AvgIpc) is 1.97. The van der Waals surface area contributed by atoms with Gasteiger partial charge in [-0.3, -0.25) is 9.52 Å². The summed E-state index contributed by atoms with van der Waals surface area (Å²) in [6.07, 6.45) is -5.54. The molecule has 0 unspecified atom stereocenters. The van der Waals surface area contributed by atoms with Gasteiger partial charge in [-0.05, 0) is 13.8 Å². The van der Waals surface area contributed by atoms with Gasteiger partial charge in [0.25, 0.3) is 0 Å². The van der Waals surface area contributed by atoms with Gasteiger partial charge in [0, 0.05) is 6.04 Å². The van der Waals surface area contributed by atoms with Gasteiger partial charge in [-0.2, -0.15) is 26.3 Å². The van der Waals surface area contributed by atoms with Crippen molar-refractivity contribution in [2.24, 2.45) is 0 Å². The van der Waals surface area contributed by atoms with Gasteiger partial charge in [0.05, 0.1) is 10.3 Å². The summed E-state index contributed by atoms with van der Waals surface area (Å²) in [5, 5.41) is 0. The third kappa shape index (κ3) is 4.50. The molecule has 0 fully saturated rings. The van der Waals surface area contributed by atoms with Gasteiger partial charge in [0.15, 0.2) is 0 Å². The number of carbonyl (C=O) groups excluding carboxylic acids is 1. The van der Waals surface area contributed by atoms with E-state index in [1.165, 1.54) is 4.72 Å². The quantitative estimate of drug-likeness (QED) is 0.536. The van der Waals surface area contributed by atoms with Crippen molar-refractivity contribution in [2.75, 3.05) is 0 Å². The average molecular weight is 288 g/mol. The number of halogens is 6. The van der Waals surface area contributed by atoms with Gasteiger partial charge in [-0.15, -0.1) is 0 Å². The molecule has 4 nitrogen and oxygen atoms in total. The third-order valence-corrected chi connectivity index (χ3v) is 3.43. The molecule has 104 valence electrons. The Hall–Kier alpha value is -0.840. The SMILES string of the molecule is CC(C)N[SH](=O)(NC(=O)C(F)(F)F)C(F)(F)F. The van der Waals surface area contributed by atoms with Crippen molar-refractivity contribution in [3.05, 3.63) is 0 Å². The van der Waals surface area contributed by atoms with Gasteiger partial charge < -0.3 is 0 Å². The summed E-state index contributed by atoms with van der Waals surface area (Å²) in [5.41, 5.74) is -5.50. The second-order valence-electron chi connectivity index (χ2n) is 3.30. The molecule has 0 aliphatic heterocycles. The van der Waals surface area contributed by atoms with Crippen molar-refractivity contribution in [1.82, 2.24) is 9.44 Å². The van der Waals surface area contributed by atoms with Gasteiger partial charge in [-0.25, -0.2) is 8.93 Å². The topological polar surface area (TPSA) is 58.2 Å². The summed E-state index contributed by atoms with van der Waals surface area (Å²) in [7, 11) is -5.68. The lowest BCUT2D eigenvalue weighted by Crippen LogP contribution is -2.59. The van der Waals surface area contributed by atoms with Crippen molar-refractivity contribution in [3.63, 3.8) is 0 Å². The zero-order valence-electron chi connectivity index (χ0n) is 8.61. The molecule has 0 rings (SSSR count). The number of amides is 1. The molecule has 2 N–H and O–H groups in total. The predicted octanol–water partition coefficient (Wildman–Crippen LogP) is 1.03. The van der Waals surface area contributed by atoms with Crippen LogP contribution in [0.25, 0.3) is 0 Å². The summed E-state index contributed by atoms with van der Waals surface area (Å²) in [6.45, 7) is 2.27. The summed E-state index contributed by atoms with van der Waals surface area (Å²) >= 11 is 0. The van der Waals surface area contributed by atoms with E-state index >= 15 is 0 Å².